The Morgan fingerprint density at radius 1 is 1.15 bits per heavy atom. The molecule has 0 aromatic carbocycles. The van der Waals surface area contributed by atoms with Crippen molar-refractivity contribution >= 4 is 12.2 Å². The maximum Gasteiger partial charge on any atom is 0.331 e. The first kappa shape index (κ1) is 23.3. The molecule has 8 heteroatoms. The van der Waals surface area contributed by atoms with E-state index in [1.807, 2.05) is 6.21 Å². The van der Waals surface area contributed by atoms with Crippen LogP contribution in [0.5, 0.6) is 0 Å². The molecule has 4 aliphatic carbocycles. The van der Waals surface area contributed by atoms with E-state index in [1.165, 1.54) is 0 Å². The van der Waals surface area contributed by atoms with Crippen LogP contribution in [-0.2, 0) is 9.53 Å². The first-order chi connectivity index (χ1) is 15.7. The maximum absolute atomic E-state index is 12.3. The van der Waals surface area contributed by atoms with Crippen LogP contribution in [-0.4, -0.2) is 69.7 Å². The Balaban J connectivity index is 1.50. The Morgan fingerprint density at radius 2 is 1.94 bits per heavy atom. The van der Waals surface area contributed by atoms with Crippen molar-refractivity contribution in [3.63, 3.8) is 0 Å². The van der Waals surface area contributed by atoms with Crippen LogP contribution in [0, 0.1) is 28.6 Å². The second-order valence-electron chi connectivity index (χ2n) is 11.4. The Kier molecular flexibility index (Phi) is 5.67. The molecule has 0 radical (unpaired) electrons. The van der Waals surface area contributed by atoms with Gasteiger partial charge in [-0.05, 0) is 74.7 Å². The van der Waals surface area contributed by atoms with Crippen molar-refractivity contribution < 1.29 is 30.0 Å². The molecular formula is C25H38N2O6. The van der Waals surface area contributed by atoms with E-state index in [0.717, 1.165) is 24.8 Å². The van der Waals surface area contributed by atoms with Crippen molar-refractivity contribution in [2.45, 2.75) is 82.0 Å². The fraction of sp³-hybridized carbons (Fsp3) is 0.840. The molecule has 5 N–H and O–H groups in total. The minimum atomic E-state index is -1.06. The number of ether oxygens (including phenoxy) is 1. The van der Waals surface area contributed by atoms with Crippen molar-refractivity contribution in [1.29, 1.82) is 0 Å². The van der Waals surface area contributed by atoms with Crippen LogP contribution in [0.4, 0.5) is 0 Å². The van der Waals surface area contributed by atoms with Crippen LogP contribution >= 0.6 is 0 Å². The molecule has 1 aliphatic heterocycles. The summed E-state index contributed by atoms with van der Waals surface area (Å²) in [5, 5.41) is 48.1. The minimum Gasteiger partial charge on any atom is -0.458 e. The monoisotopic (exact) mass is 462 g/mol. The zero-order valence-corrected chi connectivity index (χ0v) is 19.5. The van der Waals surface area contributed by atoms with Crippen molar-refractivity contribution in [2.24, 2.45) is 33.7 Å². The van der Waals surface area contributed by atoms with E-state index in [4.69, 9.17) is 9.84 Å². The summed E-state index contributed by atoms with van der Waals surface area (Å²) in [6, 6.07) is 0. The minimum absolute atomic E-state index is 0.0136. The normalized spacial score (nSPS) is 49.2. The zero-order chi connectivity index (χ0) is 23.5. The van der Waals surface area contributed by atoms with Gasteiger partial charge in [0.15, 0.2) is 0 Å². The van der Waals surface area contributed by atoms with Crippen molar-refractivity contribution in [3.8, 4) is 0 Å². The van der Waals surface area contributed by atoms with Gasteiger partial charge in [0.2, 0.25) is 0 Å². The van der Waals surface area contributed by atoms with Gasteiger partial charge in [-0.25, -0.2) is 4.79 Å². The summed E-state index contributed by atoms with van der Waals surface area (Å²) in [5.74, 6) is -0.0955. The molecule has 33 heavy (non-hydrogen) atoms. The molecular weight excluding hydrogens is 424 g/mol. The third kappa shape index (κ3) is 3.24. The predicted octanol–water partition coefficient (Wildman–Crippen LogP) is 1.27. The van der Waals surface area contributed by atoms with Crippen molar-refractivity contribution in [1.82, 2.24) is 5.43 Å². The van der Waals surface area contributed by atoms with E-state index >= 15 is 0 Å². The summed E-state index contributed by atoms with van der Waals surface area (Å²) in [6.07, 6.45) is 8.88. The number of hydrazone groups is 1. The van der Waals surface area contributed by atoms with Gasteiger partial charge in [-0.15, -0.1) is 0 Å². The van der Waals surface area contributed by atoms with Crippen LogP contribution < -0.4 is 5.43 Å². The van der Waals surface area contributed by atoms with E-state index in [2.05, 4.69) is 17.5 Å². The lowest BCUT2D eigenvalue weighted by atomic mass is 9.41. The third-order valence-electron chi connectivity index (χ3n) is 10.2. The summed E-state index contributed by atoms with van der Waals surface area (Å²) in [7, 11) is 0. The summed E-state index contributed by atoms with van der Waals surface area (Å²) < 4.78 is 5.20. The number of carbonyl (C=O) groups is 1. The highest BCUT2D eigenvalue weighted by molar-refractivity contribution is 5.85. The second kappa shape index (κ2) is 8.04. The van der Waals surface area contributed by atoms with Gasteiger partial charge in [-0.3, -0.25) is 0 Å². The number of nitrogens with zero attached hydrogens (tertiary/aromatic N) is 1. The van der Waals surface area contributed by atoms with Crippen molar-refractivity contribution in [2.75, 3.05) is 19.8 Å². The number of aliphatic hydroxyl groups is 4. The van der Waals surface area contributed by atoms with E-state index < -0.39 is 22.7 Å². The van der Waals surface area contributed by atoms with Crippen molar-refractivity contribution in [3.05, 3.63) is 11.6 Å². The number of fused-ring (bicyclic) bond motifs is 5. The molecule has 5 rings (SSSR count). The van der Waals surface area contributed by atoms with Crippen LogP contribution in [0.3, 0.4) is 0 Å². The first-order valence-electron chi connectivity index (χ1n) is 12.6. The quantitative estimate of drug-likeness (QED) is 0.180. The fourth-order valence-corrected chi connectivity index (χ4v) is 8.64. The summed E-state index contributed by atoms with van der Waals surface area (Å²) in [6.45, 7) is 2.82. The molecule has 0 bridgehead atoms. The number of cyclic esters (lactones) is 1. The largest absolute Gasteiger partial charge is 0.458 e. The van der Waals surface area contributed by atoms with Crippen LogP contribution in [0.1, 0.15) is 64.7 Å². The molecule has 1 heterocycles. The van der Waals surface area contributed by atoms with Gasteiger partial charge in [0.1, 0.15) is 6.61 Å². The Labute approximate surface area is 195 Å². The van der Waals surface area contributed by atoms with Gasteiger partial charge in [0, 0.05) is 29.5 Å². The molecule has 184 valence electrons. The number of nitrogens with one attached hydrogen (secondary N) is 1. The van der Waals surface area contributed by atoms with Gasteiger partial charge in [0.05, 0.1) is 30.5 Å². The molecule has 8 atom stereocenters. The number of aliphatic hydroxyl groups excluding tert-OH is 2. The Bertz CT molecular complexity index is 862. The summed E-state index contributed by atoms with van der Waals surface area (Å²) >= 11 is 0. The lowest BCUT2D eigenvalue weighted by molar-refractivity contribution is -0.237. The molecule has 5 aliphatic rings. The molecule has 0 amide bonds. The average molecular weight is 463 g/mol. The van der Waals surface area contributed by atoms with Gasteiger partial charge in [0.25, 0.3) is 0 Å². The van der Waals surface area contributed by atoms with Gasteiger partial charge >= 0.3 is 5.97 Å². The fourth-order valence-electron chi connectivity index (χ4n) is 8.64. The smallest absolute Gasteiger partial charge is 0.331 e. The summed E-state index contributed by atoms with van der Waals surface area (Å²) in [5.41, 5.74) is 0.968. The van der Waals surface area contributed by atoms with Crippen LogP contribution in [0.15, 0.2) is 16.8 Å². The van der Waals surface area contributed by atoms with Gasteiger partial charge in [-0.2, -0.15) is 5.10 Å². The number of esters is 1. The lowest BCUT2D eigenvalue weighted by Gasteiger charge is -2.65. The SMILES string of the molecule is C[C@]12CC[C@H]3[C@@H](CC[C@]4(O)C[C@@H](O)CC[C@]34/C=N\NCCO)[C@@]1(O)CC[C@@H]2C1=CC(=O)OC1. The van der Waals surface area contributed by atoms with Crippen LogP contribution in [0.25, 0.3) is 0 Å². The molecule has 4 saturated carbocycles. The molecule has 0 aromatic rings. The standard InChI is InChI=1S/C25H38N2O6/c1-22-6-3-19-20(25(22,32)9-5-18(22)16-12-21(30)33-14-16)4-8-24(31)13-17(29)2-7-23(19,24)15-27-26-10-11-28/h12,15,17-20,26,28-29,31-32H,2-11,13-14H2,1H3/b27-15-/t17-,18+,19-,20+,22+,23-,24-,25-/m0/s1. The topological polar surface area (TPSA) is 132 Å². The third-order valence-corrected chi connectivity index (χ3v) is 10.2. The number of hydrogen-bond donors (Lipinski definition) is 5. The highest BCUT2D eigenvalue weighted by Gasteiger charge is 2.71. The maximum atomic E-state index is 12.3. The lowest BCUT2D eigenvalue weighted by Crippen LogP contribution is -2.68. The van der Waals surface area contributed by atoms with Gasteiger partial charge < -0.3 is 30.6 Å². The molecule has 0 unspecified atom stereocenters. The molecule has 8 nitrogen and oxygen atoms in total. The molecule has 0 spiro atoms. The Hall–Kier alpha value is -1.48. The highest BCUT2D eigenvalue weighted by Crippen LogP contribution is 2.70. The molecule has 4 fully saturated rings. The number of carbonyl (C=O) groups excluding carboxylic acids is 1. The van der Waals surface area contributed by atoms with E-state index in [1.54, 1.807) is 6.08 Å². The molecule has 0 saturated heterocycles. The van der Waals surface area contributed by atoms with E-state index in [9.17, 15) is 20.1 Å². The number of rotatable bonds is 5. The predicted molar refractivity (Wildman–Crippen MR) is 121 cm³/mol. The average Bonchev–Trinajstić information content (AvgIpc) is 3.31. The second-order valence-corrected chi connectivity index (χ2v) is 11.4. The highest BCUT2D eigenvalue weighted by atomic mass is 16.5. The molecule has 0 aromatic heterocycles. The Morgan fingerprint density at radius 3 is 2.67 bits per heavy atom. The van der Waals surface area contributed by atoms with E-state index in [-0.39, 0.29) is 35.7 Å². The zero-order valence-electron chi connectivity index (χ0n) is 19.5. The van der Waals surface area contributed by atoms with Gasteiger partial charge in [-0.1, -0.05) is 6.92 Å². The van der Waals surface area contributed by atoms with E-state index in [0.29, 0.717) is 51.7 Å². The first-order valence-corrected chi connectivity index (χ1v) is 12.6. The van der Waals surface area contributed by atoms with Crippen LogP contribution in [0.2, 0.25) is 0 Å². The number of hydrogen-bond acceptors (Lipinski definition) is 8. The summed E-state index contributed by atoms with van der Waals surface area (Å²) in [4.78, 5) is 11.7.